The van der Waals surface area contributed by atoms with Crippen LogP contribution < -0.4 is 14.2 Å². The topological polar surface area (TPSA) is 98.1 Å². The SMILES string of the molecule is CCOc1ccc(-n2cnnc2)cc1NS(=O)(=O)NCc1ccccc1. The van der Waals surface area contributed by atoms with Gasteiger partial charge in [-0.3, -0.25) is 9.29 Å². The second-order valence-electron chi connectivity index (χ2n) is 5.39. The van der Waals surface area contributed by atoms with Gasteiger partial charge in [0, 0.05) is 6.54 Å². The molecule has 8 nitrogen and oxygen atoms in total. The summed E-state index contributed by atoms with van der Waals surface area (Å²) in [5, 5.41) is 7.51. The van der Waals surface area contributed by atoms with Gasteiger partial charge >= 0.3 is 0 Å². The number of ether oxygens (including phenoxy) is 1. The fourth-order valence-corrected chi connectivity index (χ4v) is 3.21. The summed E-state index contributed by atoms with van der Waals surface area (Å²) in [6.07, 6.45) is 3.06. The molecule has 0 aliphatic carbocycles. The molecule has 2 N–H and O–H groups in total. The molecule has 3 rings (SSSR count). The highest BCUT2D eigenvalue weighted by molar-refractivity contribution is 7.90. The standard InChI is InChI=1S/C17H19N5O3S/c1-2-25-17-9-8-15(22-12-18-19-13-22)10-16(17)21-26(23,24)20-11-14-6-4-3-5-7-14/h3-10,12-13,20-21H,2,11H2,1H3. The number of anilines is 1. The minimum atomic E-state index is -3.78. The number of rotatable bonds is 8. The maximum Gasteiger partial charge on any atom is 0.299 e. The van der Waals surface area contributed by atoms with E-state index in [-0.39, 0.29) is 6.54 Å². The van der Waals surface area contributed by atoms with Gasteiger partial charge in [-0.15, -0.1) is 10.2 Å². The molecular weight excluding hydrogens is 354 g/mol. The van der Waals surface area contributed by atoms with Crippen molar-refractivity contribution in [2.45, 2.75) is 13.5 Å². The Bertz CT molecular complexity index is 944. The van der Waals surface area contributed by atoms with Crippen LogP contribution in [0.15, 0.2) is 61.2 Å². The van der Waals surface area contributed by atoms with E-state index in [4.69, 9.17) is 4.74 Å². The molecule has 0 saturated heterocycles. The monoisotopic (exact) mass is 373 g/mol. The third-order valence-electron chi connectivity index (χ3n) is 3.53. The van der Waals surface area contributed by atoms with Crippen molar-refractivity contribution in [3.05, 3.63) is 66.7 Å². The van der Waals surface area contributed by atoms with Crippen LogP contribution in [0.2, 0.25) is 0 Å². The summed E-state index contributed by atoms with van der Waals surface area (Å²) in [6, 6.07) is 14.4. The highest BCUT2D eigenvalue weighted by Gasteiger charge is 2.14. The maximum atomic E-state index is 12.4. The highest BCUT2D eigenvalue weighted by Crippen LogP contribution is 2.28. The molecule has 136 valence electrons. The molecule has 0 aliphatic heterocycles. The molecule has 2 aromatic carbocycles. The molecule has 0 bridgehead atoms. The van der Waals surface area contributed by atoms with E-state index in [1.807, 2.05) is 37.3 Å². The Morgan fingerprint density at radius 1 is 1.08 bits per heavy atom. The Balaban J connectivity index is 1.80. The molecule has 1 heterocycles. The van der Waals surface area contributed by atoms with Crippen molar-refractivity contribution < 1.29 is 13.2 Å². The molecular formula is C17H19N5O3S. The Morgan fingerprint density at radius 3 is 2.50 bits per heavy atom. The molecule has 9 heteroatoms. The van der Waals surface area contributed by atoms with Crippen molar-refractivity contribution in [1.29, 1.82) is 0 Å². The molecule has 0 spiro atoms. The number of nitrogens with zero attached hydrogens (tertiary/aromatic N) is 3. The van der Waals surface area contributed by atoms with Crippen molar-refractivity contribution >= 4 is 15.9 Å². The summed E-state index contributed by atoms with van der Waals surface area (Å²) in [4.78, 5) is 0. The highest BCUT2D eigenvalue weighted by atomic mass is 32.2. The van der Waals surface area contributed by atoms with E-state index < -0.39 is 10.2 Å². The molecule has 0 saturated carbocycles. The van der Waals surface area contributed by atoms with E-state index in [9.17, 15) is 8.42 Å². The van der Waals surface area contributed by atoms with Gasteiger partial charge in [0.1, 0.15) is 18.4 Å². The molecule has 26 heavy (non-hydrogen) atoms. The van der Waals surface area contributed by atoms with Crippen molar-refractivity contribution in [2.24, 2.45) is 0 Å². The van der Waals surface area contributed by atoms with Crippen LogP contribution >= 0.6 is 0 Å². The number of aromatic nitrogens is 3. The van der Waals surface area contributed by atoms with Gasteiger partial charge in [-0.25, -0.2) is 0 Å². The van der Waals surface area contributed by atoms with Crippen LogP contribution in [0.3, 0.4) is 0 Å². The smallest absolute Gasteiger partial charge is 0.299 e. The van der Waals surface area contributed by atoms with Crippen LogP contribution in [-0.4, -0.2) is 29.8 Å². The van der Waals surface area contributed by atoms with Gasteiger partial charge in [0.15, 0.2) is 0 Å². The van der Waals surface area contributed by atoms with Crippen molar-refractivity contribution in [3.8, 4) is 11.4 Å². The Hall–Kier alpha value is -2.91. The normalized spacial score (nSPS) is 11.3. The van der Waals surface area contributed by atoms with Gasteiger partial charge in [-0.2, -0.15) is 13.1 Å². The van der Waals surface area contributed by atoms with Crippen LogP contribution in [0.5, 0.6) is 5.75 Å². The summed E-state index contributed by atoms with van der Waals surface area (Å²) < 4.78 is 37.1. The molecule has 3 aromatic rings. The van der Waals surface area contributed by atoms with Crippen molar-refractivity contribution in [1.82, 2.24) is 19.5 Å². The Morgan fingerprint density at radius 2 is 1.81 bits per heavy atom. The van der Waals surface area contributed by atoms with Crippen LogP contribution in [0.4, 0.5) is 5.69 Å². The van der Waals surface area contributed by atoms with Crippen molar-refractivity contribution in [3.63, 3.8) is 0 Å². The Kier molecular flexibility index (Phi) is 5.49. The fraction of sp³-hybridized carbons (Fsp3) is 0.176. The lowest BCUT2D eigenvalue weighted by Gasteiger charge is -2.15. The Labute approximate surface area is 152 Å². The second kappa shape index (κ2) is 7.98. The largest absolute Gasteiger partial charge is 0.492 e. The molecule has 0 aliphatic rings. The first-order chi connectivity index (χ1) is 12.6. The molecule has 0 unspecified atom stereocenters. The first-order valence-electron chi connectivity index (χ1n) is 8.00. The molecule has 0 radical (unpaired) electrons. The summed E-state index contributed by atoms with van der Waals surface area (Å²) in [5.74, 6) is 0.439. The van der Waals surface area contributed by atoms with E-state index in [2.05, 4.69) is 19.6 Å². The van der Waals surface area contributed by atoms with Crippen molar-refractivity contribution in [2.75, 3.05) is 11.3 Å². The van der Waals surface area contributed by atoms with E-state index in [1.165, 1.54) is 12.7 Å². The quantitative estimate of drug-likeness (QED) is 0.630. The lowest BCUT2D eigenvalue weighted by atomic mass is 10.2. The first-order valence-corrected chi connectivity index (χ1v) is 9.49. The van der Waals surface area contributed by atoms with E-state index in [1.54, 1.807) is 22.8 Å². The molecule has 0 amide bonds. The predicted molar refractivity (Wildman–Crippen MR) is 98.4 cm³/mol. The van der Waals surface area contributed by atoms with Crippen LogP contribution in [0.1, 0.15) is 12.5 Å². The van der Waals surface area contributed by atoms with E-state index >= 15 is 0 Å². The van der Waals surface area contributed by atoms with Crippen LogP contribution in [-0.2, 0) is 16.8 Å². The van der Waals surface area contributed by atoms with Gasteiger partial charge in [0.05, 0.1) is 18.0 Å². The number of benzene rings is 2. The van der Waals surface area contributed by atoms with Crippen LogP contribution in [0.25, 0.3) is 5.69 Å². The zero-order chi connectivity index (χ0) is 18.4. The second-order valence-corrected chi connectivity index (χ2v) is 6.89. The first kappa shape index (κ1) is 17.9. The fourth-order valence-electron chi connectivity index (χ4n) is 2.33. The number of hydrogen-bond donors (Lipinski definition) is 2. The predicted octanol–water partition coefficient (Wildman–Crippen LogP) is 2.11. The van der Waals surface area contributed by atoms with Crippen LogP contribution in [0, 0.1) is 0 Å². The van der Waals surface area contributed by atoms with Gasteiger partial charge in [-0.05, 0) is 30.7 Å². The number of nitrogens with one attached hydrogen (secondary N) is 2. The van der Waals surface area contributed by atoms with E-state index in [0.717, 1.165) is 5.56 Å². The minimum Gasteiger partial charge on any atom is -0.492 e. The van der Waals surface area contributed by atoms with Gasteiger partial charge < -0.3 is 4.74 Å². The van der Waals surface area contributed by atoms with Gasteiger partial charge in [-0.1, -0.05) is 30.3 Å². The summed E-state index contributed by atoms with van der Waals surface area (Å²) in [6.45, 7) is 2.43. The maximum absolute atomic E-state index is 12.4. The zero-order valence-electron chi connectivity index (χ0n) is 14.2. The van der Waals surface area contributed by atoms with Gasteiger partial charge in [0.2, 0.25) is 0 Å². The van der Waals surface area contributed by atoms with E-state index in [0.29, 0.717) is 23.7 Å². The number of hydrogen-bond acceptors (Lipinski definition) is 5. The summed E-state index contributed by atoms with van der Waals surface area (Å²) in [7, 11) is -3.78. The zero-order valence-corrected chi connectivity index (χ0v) is 15.0. The average molecular weight is 373 g/mol. The van der Waals surface area contributed by atoms with Gasteiger partial charge in [0.25, 0.3) is 10.2 Å². The lowest BCUT2D eigenvalue weighted by Crippen LogP contribution is -2.29. The lowest BCUT2D eigenvalue weighted by molar-refractivity contribution is 0.342. The summed E-state index contributed by atoms with van der Waals surface area (Å²) in [5.41, 5.74) is 1.90. The molecule has 1 aromatic heterocycles. The minimum absolute atomic E-state index is 0.186. The molecule has 0 atom stereocenters. The molecule has 0 fully saturated rings. The summed E-state index contributed by atoms with van der Waals surface area (Å²) >= 11 is 0. The average Bonchev–Trinajstić information content (AvgIpc) is 3.17. The third-order valence-corrected chi connectivity index (χ3v) is 4.55. The third kappa shape index (κ3) is 4.58.